The summed E-state index contributed by atoms with van der Waals surface area (Å²) >= 11 is 6.01. The number of hydrogen-bond acceptors (Lipinski definition) is 4. The van der Waals surface area contributed by atoms with Crippen LogP contribution in [0.1, 0.15) is 15.9 Å². The van der Waals surface area contributed by atoms with Crippen LogP contribution in [0.3, 0.4) is 0 Å². The van der Waals surface area contributed by atoms with E-state index in [9.17, 15) is 13.2 Å². The molecule has 8 heteroatoms. The van der Waals surface area contributed by atoms with Gasteiger partial charge in [-0.3, -0.25) is 9.52 Å². The fraction of sp³-hybridized carbons (Fsp3) is 0.133. The average molecular weight is 355 g/mol. The van der Waals surface area contributed by atoms with E-state index >= 15 is 0 Å². The minimum atomic E-state index is -4.02. The minimum Gasteiger partial charge on any atom is -0.495 e. The highest BCUT2D eigenvalue weighted by Gasteiger charge is 2.23. The van der Waals surface area contributed by atoms with Crippen molar-refractivity contribution >= 4 is 33.2 Å². The number of hydrogen-bond donors (Lipinski definition) is 2. The normalized spacial score (nSPS) is 11.1. The van der Waals surface area contributed by atoms with Crippen molar-refractivity contribution in [3.05, 3.63) is 52.5 Å². The number of carbonyl (C=O) groups excluding carboxylic acids is 1. The van der Waals surface area contributed by atoms with Crippen LogP contribution in [-0.2, 0) is 10.0 Å². The molecule has 0 aliphatic heterocycles. The zero-order valence-corrected chi connectivity index (χ0v) is 14.0. The summed E-state index contributed by atoms with van der Waals surface area (Å²) in [6.45, 7) is 1.73. The maximum Gasteiger partial charge on any atom is 0.265 e. The van der Waals surface area contributed by atoms with Crippen molar-refractivity contribution in [1.29, 1.82) is 0 Å². The summed E-state index contributed by atoms with van der Waals surface area (Å²) in [4.78, 5) is 11.3. The summed E-state index contributed by atoms with van der Waals surface area (Å²) in [7, 11) is -2.66. The van der Waals surface area contributed by atoms with Gasteiger partial charge < -0.3 is 10.5 Å². The minimum absolute atomic E-state index is 0.0632. The predicted molar refractivity (Wildman–Crippen MR) is 88.5 cm³/mol. The number of anilines is 1. The SMILES string of the molecule is COc1cc(C)c(Cl)cc1S(=O)(=O)Nc1ccccc1C(N)=O. The van der Waals surface area contributed by atoms with Crippen LogP contribution >= 0.6 is 11.6 Å². The average Bonchev–Trinajstić information content (AvgIpc) is 2.49. The summed E-state index contributed by atoms with van der Waals surface area (Å²) in [6, 6.07) is 8.87. The fourth-order valence-electron chi connectivity index (χ4n) is 1.99. The van der Waals surface area contributed by atoms with E-state index in [1.807, 2.05) is 0 Å². The van der Waals surface area contributed by atoms with Crippen molar-refractivity contribution in [3.8, 4) is 5.75 Å². The van der Waals surface area contributed by atoms with Crippen LogP contribution in [0, 0.1) is 6.92 Å². The van der Waals surface area contributed by atoms with Crippen LogP contribution in [0.4, 0.5) is 5.69 Å². The summed E-state index contributed by atoms with van der Waals surface area (Å²) in [5.74, 6) is -0.590. The van der Waals surface area contributed by atoms with E-state index in [4.69, 9.17) is 22.1 Å². The molecule has 0 aromatic heterocycles. The number of benzene rings is 2. The van der Waals surface area contributed by atoms with E-state index < -0.39 is 15.9 Å². The topological polar surface area (TPSA) is 98.5 Å². The molecule has 0 aliphatic carbocycles. The number of aryl methyl sites for hydroxylation is 1. The van der Waals surface area contributed by atoms with Crippen LogP contribution in [0.5, 0.6) is 5.75 Å². The second-order valence-corrected chi connectivity index (χ2v) is 6.83. The monoisotopic (exact) mass is 354 g/mol. The van der Waals surface area contributed by atoms with E-state index in [1.165, 1.54) is 31.4 Å². The number of amides is 1. The fourth-order valence-corrected chi connectivity index (χ4v) is 3.48. The first-order chi connectivity index (χ1) is 10.8. The molecule has 0 spiro atoms. The summed E-state index contributed by atoms with van der Waals surface area (Å²) < 4.78 is 32.7. The molecule has 122 valence electrons. The Bertz CT molecular complexity index is 866. The Balaban J connectivity index is 2.53. The molecular formula is C15H15ClN2O4S. The molecule has 0 atom stereocenters. The Kier molecular flexibility index (Phi) is 4.82. The lowest BCUT2D eigenvalue weighted by molar-refractivity contribution is 0.100. The lowest BCUT2D eigenvalue weighted by Gasteiger charge is -2.14. The molecular weight excluding hydrogens is 340 g/mol. The number of para-hydroxylation sites is 1. The smallest absolute Gasteiger partial charge is 0.265 e. The molecule has 0 saturated carbocycles. The molecule has 0 aliphatic rings. The van der Waals surface area contributed by atoms with Gasteiger partial charge in [-0.15, -0.1) is 0 Å². The van der Waals surface area contributed by atoms with Crippen molar-refractivity contribution in [3.63, 3.8) is 0 Å². The van der Waals surface area contributed by atoms with E-state index in [0.29, 0.717) is 5.56 Å². The molecule has 2 aromatic carbocycles. The Morgan fingerprint density at radius 2 is 1.91 bits per heavy atom. The molecule has 0 heterocycles. The molecule has 0 unspecified atom stereocenters. The van der Waals surface area contributed by atoms with Gasteiger partial charge in [0.2, 0.25) is 0 Å². The molecule has 0 bridgehead atoms. The number of ether oxygens (including phenoxy) is 1. The first-order valence-corrected chi connectivity index (χ1v) is 8.38. The number of nitrogens with one attached hydrogen (secondary N) is 1. The Hall–Kier alpha value is -2.25. The third kappa shape index (κ3) is 3.57. The van der Waals surface area contributed by atoms with Gasteiger partial charge in [0.15, 0.2) is 0 Å². The van der Waals surface area contributed by atoms with Crippen molar-refractivity contribution in [2.75, 3.05) is 11.8 Å². The van der Waals surface area contributed by atoms with Gasteiger partial charge in [0.05, 0.1) is 18.4 Å². The van der Waals surface area contributed by atoms with Gasteiger partial charge in [-0.25, -0.2) is 8.42 Å². The van der Waals surface area contributed by atoms with Crippen molar-refractivity contribution in [2.24, 2.45) is 5.73 Å². The highest BCUT2D eigenvalue weighted by atomic mass is 35.5. The zero-order valence-electron chi connectivity index (χ0n) is 12.5. The molecule has 0 saturated heterocycles. The number of nitrogens with two attached hydrogens (primary N) is 1. The van der Waals surface area contributed by atoms with Crippen molar-refractivity contribution in [2.45, 2.75) is 11.8 Å². The predicted octanol–water partition coefficient (Wildman–Crippen LogP) is 2.56. The Morgan fingerprint density at radius 1 is 1.26 bits per heavy atom. The lowest BCUT2D eigenvalue weighted by Crippen LogP contribution is -2.19. The van der Waals surface area contributed by atoms with Crippen LogP contribution in [-0.4, -0.2) is 21.4 Å². The van der Waals surface area contributed by atoms with Gasteiger partial charge in [0.1, 0.15) is 10.6 Å². The van der Waals surface area contributed by atoms with Gasteiger partial charge in [-0.1, -0.05) is 23.7 Å². The van der Waals surface area contributed by atoms with Crippen LogP contribution in [0.25, 0.3) is 0 Å². The molecule has 3 N–H and O–H groups in total. The molecule has 0 radical (unpaired) electrons. The maximum atomic E-state index is 12.6. The van der Waals surface area contributed by atoms with Gasteiger partial charge in [-0.05, 0) is 36.8 Å². The third-order valence-corrected chi connectivity index (χ3v) is 4.97. The number of carbonyl (C=O) groups is 1. The summed E-state index contributed by atoms with van der Waals surface area (Å²) in [5.41, 5.74) is 6.08. The molecule has 6 nitrogen and oxygen atoms in total. The lowest BCUT2D eigenvalue weighted by atomic mass is 10.2. The van der Waals surface area contributed by atoms with Crippen LogP contribution in [0.15, 0.2) is 41.3 Å². The summed E-state index contributed by atoms with van der Waals surface area (Å²) in [6.07, 6.45) is 0. The highest BCUT2D eigenvalue weighted by molar-refractivity contribution is 7.92. The first-order valence-electron chi connectivity index (χ1n) is 6.52. The maximum absolute atomic E-state index is 12.6. The van der Waals surface area contributed by atoms with E-state index in [2.05, 4.69) is 4.72 Å². The van der Waals surface area contributed by atoms with E-state index in [-0.39, 0.29) is 26.9 Å². The van der Waals surface area contributed by atoms with Crippen molar-refractivity contribution < 1.29 is 17.9 Å². The Morgan fingerprint density at radius 3 is 2.52 bits per heavy atom. The third-order valence-electron chi connectivity index (χ3n) is 3.17. The van der Waals surface area contributed by atoms with E-state index in [0.717, 1.165) is 0 Å². The molecule has 1 amide bonds. The van der Waals surface area contributed by atoms with Gasteiger partial charge in [0, 0.05) is 5.02 Å². The molecule has 23 heavy (non-hydrogen) atoms. The Labute approximate surface area is 139 Å². The largest absolute Gasteiger partial charge is 0.495 e. The van der Waals surface area contributed by atoms with Gasteiger partial charge >= 0.3 is 0 Å². The number of halogens is 1. The summed E-state index contributed by atoms with van der Waals surface area (Å²) in [5, 5.41) is 0.286. The number of sulfonamides is 1. The van der Waals surface area contributed by atoms with Crippen molar-refractivity contribution in [1.82, 2.24) is 0 Å². The highest BCUT2D eigenvalue weighted by Crippen LogP contribution is 2.31. The van der Waals surface area contributed by atoms with Crippen LogP contribution in [0.2, 0.25) is 5.02 Å². The molecule has 2 rings (SSSR count). The van der Waals surface area contributed by atoms with Gasteiger partial charge in [-0.2, -0.15) is 0 Å². The number of rotatable bonds is 5. The number of methoxy groups -OCH3 is 1. The molecule has 0 fully saturated rings. The van der Waals surface area contributed by atoms with Crippen LogP contribution < -0.4 is 15.2 Å². The second-order valence-electron chi connectivity index (χ2n) is 4.77. The van der Waals surface area contributed by atoms with Gasteiger partial charge in [0.25, 0.3) is 15.9 Å². The number of primary amides is 1. The quantitative estimate of drug-likeness (QED) is 0.861. The van der Waals surface area contributed by atoms with E-state index in [1.54, 1.807) is 19.1 Å². The molecule has 2 aromatic rings. The first kappa shape index (κ1) is 17.1. The zero-order chi connectivity index (χ0) is 17.2. The standard InChI is InChI=1S/C15H15ClN2O4S/c1-9-7-13(22-2)14(8-11(9)16)23(20,21)18-12-6-4-3-5-10(12)15(17)19/h3-8,18H,1-2H3,(H2,17,19). The second kappa shape index (κ2) is 6.47.